The Morgan fingerprint density at radius 2 is 1.88 bits per heavy atom. The van der Waals surface area contributed by atoms with Gasteiger partial charge in [-0.05, 0) is 40.2 Å². The fourth-order valence-corrected chi connectivity index (χ4v) is 1.28. The lowest BCUT2D eigenvalue weighted by Gasteiger charge is -2.27. The summed E-state index contributed by atoms with van der Waals surface area (Å²) in [4.78, 5) is 13.7. The van der Waals surface area contributed by atoms with Gasteiger partial charge in [0.05, 0.1) is 0 Å². The van der Waals surface area contributed by atoms with Crippen LogP contribution in [-0.4, -0.2) is 43.3 Å². The first-order valence-electron chi connectivity index (χ1n) is 6.38. The number of ether oxygens (including phenoxy) is 1. The molecule has 17 heavy (non-hydrogen) atoms. The average Bonchev–Trinajstić information content (AvgIpc) is 2.14. The van der Waals surface area contributed by atoms with E-state index < -0.39 is 5.60 Å². The van der Waals surface area contributed by atoms with Gasteiger partial charge in [-0.3, -0.25) is 0 Å². The summed E-state index contributed by atoms with van der Waals surface area (Å²) in [6.07, 6.45) is 0.788. The fourth-order valence-electron chi connectivity index (χ4n) is 1.28. The average molecular weight is 244 g/mol. The maximum Gasteiger partial charge on any atom is 0.410 e. The molecule has 4 nitrogen and oxygen atoms in total. The van der Waals surface area contributed by atoms with Gasteiger partial charge in [0, 0.05) is 19.6 Å². The van der Waals surface area contributed by atoms with Crippen molar-refractivity contribution in [1.82, 2.24) is 10.2 Å². The number of carbonyl (C=O) groups excluding carboxylic acids is 1. The van der Waals surface area contributed by atoms with Crippen molar-refractivity contribution in [2.24, 2.45) is 5.92 Å². The first kappa shape index (κ1) is 16.2. The highest BCUT2D eigenvalue weighted by Gasteiger charge is 2.21. The molecular formula is C13H28N2O2. The Hall–Kier alpha value is -0.770. The van der Waals surface area contributed by atoms with Crippen molar-refractivity contribution in [3.63, 3.8) is 0 Å². The predicted octanol–water partition coefficient (Wildman–Crippen LogP) is 2.49. The Morgan fingerprint density at radius 1 is 1.29 bits per heavy atom. The van der Waals surface area contributed by atoms with Crippen molar-refractivity contribution < 1.29 is 9.53 Å². The molecule has 0 aromatic carbocycles. The molecule has 102 valence electrons. The second kappa shape index (κ2) is 7.54. The molecule has 0 fully saturated rings. The van der Waals surface area contributed by atoms with Gasteiger partial charge in [-0.2, -0.15) is 0 Å². The van der Waals surface area contributed by atoms with Crippen LogP contribution in [0.4, 0.5) is 4.79 Å². The minimum atomic E-state index is -0.424. The van der Waals surface area contributed by atoms with Crippen LogP contribution in [0.25, 0.3) is 0 Å². The molecule has 0 radical (unpaired) electrons. The van der Waals surface area contributed by atoms with E-state index in [-0.39, 0.29) is 6.09 Å². The van der Waals surface area contributed by atoms with Crippen molar-refractivity contribution in [2.45, 2.75) is 46.6 Å². The summed E-state index contributed by atoms with van der Waals surface area (Å²) in [5.74, 6) is 0.592. The number of rotatable bonds is 6. The molecule has 0 aliphatic carbocycles. The maximum atomic E-state index is 12.0. The first-order chi connectivity index (χ1) is 7.76. The SMILES string of the molecule is CNCCN(CCC(C)C)C(=O)OC(C)(C)C. The van der Waals surface area contributed by atoms with Crippen LogP contribution in [0.3, 0.4) is 0 Å². The largest absolute Gasteiger partial charge is 0.444 e. The smallest absolute Gasteiger partial charge is 0.410 e. The van der Waals surface area contributed by atoms with Crippen LogP contribution in [0.15, 0.2) is 0 Å². The van der Waals surface area contributed by atoms with Gasteiger partial charge in [-0.15, -0.1) is 0 Å². The zero-order valence-corrected chi connectivity index (χ0v) is 12.2. The van der Waals surface area contributed by atoms with E-state index in [4.69, 9.17) is 4.74 Å². The Labute approximate surface area is 106 Å². The number of amides is 1. The third-order valence-corrected chi connectivity index (χ3v) is 2.26. The zero-order chi connectivity index (χ0) is 13.5. The summed E-state index contributed by atoms with van der Waals surface area (Å²) in [6, 6.07) is 0. The van der Waals surface area contributed by atoms with Crippen molar-refractivity contribution >= 4 is 6.09 Å². The van der Waals surface area contributed by atoms with Crippen molar-refractivity contribution in [3.8, 4) is 0 Å². The Bertz CT molecular complexity index is 222. The van der Waals surface area contributed by atoms with Crippen LogP contribution in [0, 0.1) is 5.92 Å². The summed E-state index contributed by atoms with van der Waals surface area (Å²) in [5, 5.41) is 3.05. The number of carbonyl (C=O) groups is 1. The van der Waals surface area contributed by atoms with Crippen molar-refractivity contribution in [2.75, 3.05) is 26.7 Å². The van der Waals surface area contributed by atoms with Crippen LogP contribution in [0.1, 0.15) is 41.0 Å². The minimum Gasteiger partial charge on any atom is -0.444 e. The number of nitrogens with zero attached hydrogens (tertiary/aromatic N) is 1. The molecule has 0 saturated heterocycles. The molecule has 0 atom stereocenters. The lowest BCUT2D eigenvalue weighted by Crippen LogP contribution is -2.40. The molecule has 0 aliphatic heterocycles. The molecular weight excluding hydrogens is 216 g/mol. The summed E-state index contributed by atoms with van der Waals surface area (Å²) in [5.41, 5.74) is -0.424. The Morgan fingerprint density at radius 3 is 2.29 bits per heavy atom. The molecule has 0 rings (SSSR count). The van der Waals surface area contributed by atoms with E-state index in [1.165, 1.54) is 0 Å². The van der Waals surface area contributed by atoms with Gasteiger partial charge in [0.1, 0.15) is 5.60 Å². The van der Waals surface area contributed by atoms with Crippen LogP contribution >= 0.6 is 0 Å². The highest BCUT2D eigenvalue weighted by atomic mass is 16.6. The van der Waals surface area contributed by atoms with Gasteiger partial charge < -0.3 is 15.0 Å². The highest BCUT2D eigenvalue weighted by molar-refractivity contribution is 5.68. The summed E-state index contributed by atoms with van der Waals surface area (Å²) < 4.78 is 5.39. The van der Waals surface area contributed by atoms with Crippen molar-refractivity contribution in [3.05, 3.63) is 0 Å². The fraction of sp³-hybridized carbons (Fsp3) is 0.923. The van der Waals surface area contributed by atoms with Crippen LogP contribution in [0.5, 0.6) is 0 Å². The van der Waals surface area contributed by atoms with Gasteiger partial charge >= 0.3 is 6.09 Å². The number of likely N-dealkylation sites (N-methyl/N-ethyl adjacent to an activating group) is 1. The van der Waals surface area contributed by atoms with Gasteiger partial charge in [0.2, 0.25) is 0 Å². The number of hydrogen-bond acceptors (Lipinski definition) is 3. The van der Waals surface area contributed by atoms with Crippen LogP contribution < -0.4 is 5.32 Å². The van der Waals surface area contributed by atoms with E-state index >= 15 is 0 Å². The van der Waals surface area contributed by atoms with E-state index in [9.17, 15) is 4.79 Å². The van der Waals surface area contributed by atoms with Crippen LogP contribution in [0.2, 0.25) is 0 Å². The summed E-state index contributed by atoms with van der Waals surface area (Å²) in [7, 11) is 1.88. The third-order valence-electron chi connectivity index (χ3n) is 2.26. The lowest BCUT2D eigenvalue weighted by molar-refractivity contribution is 0.0245. The normalized spacial score (nSPS) is 11.7. The maximum absolute atomic E-state index is 12.0. The molecule has 0 aromatic rings. The molecule has 0 bridgehead atoms. The molecule has 0 heterocycles. The highest BCUT2D eigenvalue weighted by Crippen LogP contribution is 2.11. The standard InChI is InChI=1S/C13H28N2O2/c1-11(2)7-9-15(10-8-14-6)12(16)17-13(3,4)5/h11,14H,7-10H2,1-6H3. The predicted molar refractivity (Wildman–Crippen MR) is 71.2 cm³/mol. The molecule has 0 spiro atoms. The molecule has 0 aliphatic rings. The van der Waals surface area contributed by atoms with E-state index in [1.807, 2.05) is 27.8 Å². The number of hydrogen-bond donors (Lipinski definition) is 1. The molecule has 1 N–H and O–H groups in total. The quantitative estimate of drug-likeness (QED) is 0.780. The van der Waals surface area contributed by atoms with Crippen molar-refractivity contribution in [1.29, 1.82) is 0 Å². The van der Waals surface area contributed by atoms with Gasteiger partial charge in [0.15, 0.2) is 0 Å². The lowest BCUT2D eigenvalue weighted by atomic mass is 10.1. The minimum absolute atomic E-state index is 0.214. The second-order valence-corrected chi connectivity index (χ2v) is 5.75. The monoisotopic (exact) mass is 244 g/mol. The first-order valence-corrected chi connectivity index (χ1v) is 6.38. The molecule has 1 amide bonds. The second-order valence-electron chi connectivity index (χ2n) is 5.75. The van der Waals surface area contributed by atoms with E-state index in [0.29, 0.717) is 12.5 Å². The zero-order valence-electron chi connectivity index (χ0n) is 12.2. The van der Waals surface area contributed by atoms with Gasteiger partial charge in [-0.25, -0.2) is 4.79 Å². The van der Waals surface area contributed by atoms with E-state index in [1.54, 1.807) is 4.90 Å². The molecule has 0 saturated carbocycles. The molecule has 4 heteroatoms. The van der Waals surface area contributed by atoms with Gasteiger partial charge in [0.25, 0.3) is 0 Å². The summed E-state index contributed by atoms with van der Waals surface area (Å²) in [6.45, 7) is 12.2. The molecule has 0 aromatic heterocycles. The number of nitrogens with one attached hydrogen (secondary N) is 1. The van der Waals surface area contributed by atoms with E-state index in [0.717, 1.165) is 19.5 Å². The molecule has 0 unspecified atom stereocenters. The van der Waals surface area contributed by atoms with Gasteiger partial charge in [-0.1, -0.05) is 13.8 Å². The summed E-state index contributed by atoms with van der Waals surface area (Å²) >= 11 is 0. The Balaban J connectivity index is 4.29. The van der Waals surface area contributed by atoms with Crippen LogP contribution in [-0.2, 0) is 4.74 Å². The van der Waals surface area contributed by atoms with E-state index in [2.05, 4.69) is 19.2 Å². The third kappa shape index (κ3) is 8.98. The topological polar surface area (TPSA) is 41.6 Å². The Kier molecular flexibility index (Phi) is 7.19.